The maximum Gasteiger partial charge on any atom is 0.270 e. The number of carbonyl (C=O) groups is 1. The van der Waals surface area contributed by atoms with Gasteiger partial charge in [0.05, 0.1) is 17.7 Å². The number of nitrogens with zero attached hydrogens (tertiary/aromatic N) is 4. The molecule has 0 spiro atoms. The molecular formula is C23H25N5O2S2. The van der Waals surface area contributed by atoms with Crippen LogP contribution in [-0.2, 0) is 5.75 Å². The smallest absolute Gasteiger partial charge is 0.270 e. The lowest BCUT2D eigenvalue weighted by molar-refractivity contribution is 0.0948. The number of hydrogen-bond acceptors (Lipinski definition) is 7. The molecule has 7 nitrogen and oxygen atoms in total. The fraction of sp³-hybridized carbons (Fsp3) is 0.304. The zero-order chi connectivity index (χ0) is 22.3. The average molecular weight is 468 g/mol. The van der Waals surface area contributed by atoms with E-state index in [0.29, 0.717) is 29.6 Å². The lowest BCUT2D eigenvalue weighted by Crippen LogP contribution is -2.24. The minimum atomic E-state index is -0.114. The van der Waals surface area contributed by atoms with E-state index >= 15 is 0 Å². The van der Waals surface area contributed by atoms with E-state index in [1.807, 2.05) is 40.3 Å². The second-order valence-electron chi connectivity index (χ2n) is 7.28. The van der Waals surface area contributed by atoms with Crippen molar-refractivity contribution >= 4 is 29.0 Å². The van der Waals surface area contributed by atoms with Gasteiger partial charge >= 0.3 is 0 Å². The maximum atomic E-state index is 12.3. The van der Waals surface area contributed by atoms with E-state index in [2.05, 4.69) is 40.4 Å². The summed E-state index contributed by atoms with van der Waals surface area (Å²) >= 11 is 3.02. The third-order valence-electron chi connectivity index (χ3n) is 4.91. The minimum absolute atomic E-state index is 0.114. The van der Waals surface area contributed by atoms with Crippen molar-refractivity contribution in [3.05, 3.63) is 64.3 Å². The molecule has 1 N–H and O–H groups in total. The fourth-order valence-electron chi connectivity index (χ4n) is 3.24. The van der Waals surface area contributed by atoms with Crippen LogP contribution in [0.5, 0.6) is 0 Å². The van der Waals surface area contributed by atoms with Gasteiger partial charge < -0.3 is 9.73 Å². The highest BCUT2D eigenvalue weighted by Gasteiger charge is 2.20. The number of hydrogen-bond donors (Lipinski definition) is 1. The summed E-state index contributed by atoms with van der Waals surface area (Å²) in [5.41, 5.74) is 2.58. The average Bonchev–Trinajstić information content (AvgIpc) is 3.56. The van der Waals surface area contributed by atoms with Crippen molar-refractivity contribution in [2.45, 2.75) is 44.0 Å². The number of nitrogens with one attached hydrogen (secondary N) is 1. The number of aryl methyl sites for hydroxylation is 1. The summed E-state index contributed by atoms with van der Waals surface area (Å²) < 4.78 is 7.60. The summed E-state index contributed by atoms with van der Waals surface area (Å²) in [7, 11) is 0. The van der Waals surface area contributed by atoms with Crippen LogP contribution in [0.2, 0.25) is 0 Å². The van der Waals surface area contributed by atoms with Gasteiger partial charge in [-0.25, -0.2) is 4.98 Å². The van der Waals surface area contributed by atoms with E-state index in [-0.39, 0.29) is 5.91 Å². The molecule has 9 heteroatoms. The van der Waals surface area contributed by atoms with Gasteiger partial charge in [0.15, 0.2) is 10.9 Å². The molecule has 0 saturated carbocycles. The first-order valence-corrected chi connectivity index (χ1v) is 12.4. The first-order valence-electron chi connectivity index (χ1n) is 10.6. The predicted molar refractivity (Wildman–Crippen MR) is 127 cm³/mol. The molecule has 32 heavy (non-hydrogen) atoms. The predicted octanol–water partition coefficient (Wildman–Crippen LogP) is 5.50. The van der Waals surface area contributed by atoms with E-state index < -0.39 is 0 Å². The van der Waals surface area contributed by atoms with Crippen molar-refractivity contribution in [2.75, 3.05) is 6.54 Å². The van der Waals surface area contributed by atoms with Gasteiger partial charge in [0.1, 0.15) is 10.7 Å². The molecule has 4 rings (SSSR count). The molecule has 166 valence electrons. The highest BCUT2D eigenvalue weighted by molar-refractivity contribution is 7.98. The van der Waals surface area contributed by atoms with Crippen molar-refractivity contribution in [2.24, 2.45) is 0 Å². The van der Waals surface area contributed by atoms with Crippen LogP contribution in [0, 0.1) is 6.92 Å². The third-order valence-corrected chi connectivity index (χ3v) is 6.88. The lowest BCUT2D eigenvalue weighted by Gasteiger charge is -2.11. The Kier molecular flexibility index (Phi) is 7.39. The number of amides is 1. The van der Waals surface area contributed by atoms with Gasteiger partial charge in [0.2, 0.25) is 5.82 Å². The Morgan fingerprint density at radius 3 is 2.84 bits per heavy atom. The molecule has 1 aromatic carbocycles. The number of furan rings is 1. The quantitative estimate of drug-likeness (QED) is 0.245. The number of aromatic nitrogens is 4. The SMILES string of the molecule is CCCCCNC(=O)c1csc(CSc2nnc(-c3ccco3)n2-c2ccccc2C)n1. The van der Waals surface area contributed by atoms with Gasteiger partial charge in [-0.05, 0) is 37.1 Å². The normalized spacial score (nSPS) is 11.1. The van der Waals surface area contributed by atoms with E-state index in [1.54, 1.807) is 6.26 Å². The molecule has 0 aliphatic rings. The van der Waals surface area contributed by atoms with Gasteiger partial charge in [-0.1, -0.05) is 49.7 Å². The number of benzene rings is 1. The number of thioether (sulfide) groups is 1. The fourth-order valence-corrected chi connectivity index (χ4v) is 4.97. The zero-order valence-corrected chi connectivity index (χ0v) is 19.7. The number of carbonyl (C=O) groups excluding carboxylic acids is 1. The molecule has 3 heterocycles. The second-order valence-corrected chi connectivity index (χ2v) is 9.17. The van der Waals surface area contributed by atoms with Gasteiger partial charge in [0.25, 0.3) is 5.91 Å². The highest BCUT2D eigenvalue weighted by Crippen LogP contribution is 2.31. The lowest BCUT2D eigenvalue weighted by atomic mass is 10.2. The van der Waals surface area contributed by atoms with Crippen LogP contribution in [-0.4, -0.2) is 32.2 Å². The summed E-state index contributed by atoms with van der Waals surface area (Å²) in [6.45, 7) is 4.88. The molecule has 0 aliphatic heterocycles. The summed E-state index contributed by atoms with van der Waals surface area (Å²) in [5, 5.41) is 15.2. The third kappa shape index (κ3) is 5.11. The highest BCUT2D eigenvalue weighted by atomic mass is 32.2. The Morgan fingerprint density at radius 2 is 2.06 bits per heavy atom. The van der Waals surface area contributed by atoms with Crippen LogP contribution in [0.1, 0.15) is 47.2 Å². The second kappa shape index (κ2) is 10.6. The van der Waals surface area contributed by atoms with E-state index in [1.165, 1.54) is 23.1 Å². The molecule has 4 aromatic rings. The summed E-state index contributed by atoms with van der Waals surface area (Å²) in [4.78, 5) is 16.8. The van der Waals surface area contributed by atoms with E-state index in [0.717, 1.165) is 40.7 Å². The monoisotopic (exact) mass is 467 g/mol. The number of thiazole rings is 1. The largest absolute Gasteiger partial charge is 0.461 e. The van der Waals surface area contributed by atoms with Crippen LogP contribution in [0.25, 0.3) is 17.3 Å². The molecule has 0 saturated heterocycles. The van der Waals surface area contributed by atoms with Crippen molar-refractivity contribution in [1.82, 2.24) is 25.1 Å². The molecule has 0 aliphatic carbocycles. The van der Waals surface area contributed by atoms with Crippen LogP contribution in [0.4, 0.5) is 0 Å². The van der Waals surface area contributed by atoms with Crippen LogP contribution < -0.4 is 5.32 Å². The van der Waals surface area contributed by atoms with Crippen LogP contribution in [0.15, 0.2) is 57.6 Å². The summed E-state index contributed by atoms with van der Waals surface area (Å²) in [6.07, 6.45) is 4.86. The van der Waals surface area contributed by atoms with Gasteiger partial charge in [-0.2, -0.15) is 0 Å². The molecular weight excluding hydrogens is 442 g/mol. The molecule has 3 aromatic heterocycles. The van der Waals surface area contributed by atoms with Crippen molar-refractivity contribution in [1.29, 1.82) is 0 Å². The zero-order valence-electron chi connectivity index (χ0n) is 18.1. The van der Waals surface area contributed by atoms with E-state index in [9.17, 15) is 4.79 Å². The molecule has 0 radical (unpaired) electrons. The molecule has 0 atom stereocenters. The Hall–Kier alpha value is -2.91. The van der Waals surface area contributed by atoms with Crippen LogP contribution in [0.3, 0.4) is 0 Å². The minimum Gasteiger partial charge on any atom is -0.461 e. The van der Waals surface area contributed by atoms with Crippen molar-refractivity contribution < 1.29 is 9.21 Å². The maximum absolute atomic E-state index is 12.3. The number of rotatable bonds is 10. The van der Waals surface area contributed by atoms with Crippen LogP contribution >= 0.6 is 23.1 Å². The van der Waals surface area contributed by atoms with Gasteiger partial charge in [-0.3, -0.25) is 9.36 Å². The standard InChI is InChI=1S/C23H25N5O2S2/c1-3-4-7-12-24-22(29)17-14-31-20(25-17)15-32-23-27-26-21(19-11-8-13-30-19)28(23)18-10-6-5-9-16(18)2/h5-6,8-11,13-14H,3-4,7,12,15H2,1-2H3,(H,24,29). The first-order chi connectivity index (χ1) is 15.7. The van der Waals surface area contributed by atoms with Gasteiger partial charge in [0, 0.05) is 11.9 Å². The first kappa shape index (κ1) is 22.3. The van der Waals surface area contributed by atoms with Gasteiger partial charge in [-0.15, -0.1) is 21.5 Å². The Morgan fingerprint density at radius 1 is 1.19 bits per heavy atom. The van der Waals surface area contributed by atoms with Crippen molar-refractivity contribution in [3.63, 3.8) is 0 Å². The Bertz CT molecular complexity index is 1170. The Balaban J connectivity index is 1.50. The molecule has 0 unspecified atom stereocenters. The molecule has 0 bridgehead atoms. The molecule has 0 fully saturated rings. The topological polar surface area (TPSA) is 85.8 Å². The molecule has 1 amide bonds. The number of para-hydroxylation sites is 1. The number of unbranched alkanes of at least 4 members (excludes halogenated alkanes) is 2. The van der Waals surface area contributed by atoms with E-state index in [4.69, 9.17) is 4.42 Å². The van der Waals surface area contributed by atoms with Crippen molar-refractivity contribution in [3.8, 4) is 17.3 Å². The summed E-state index contributed by atoms with van der Waals surface area (Å²) in [6, 6.07) is 11.8. The Labute approximate surface area is 195 Å². The summed E-state index contributed by atoms with van der Waals surface area (Å²) in [5.74, 6) is 1.79.